The third-order valence-corrected chi connectivity index (χ3v) is 3.21. The molecule has 17 heavy (non-hydrogen) atoms. The summed E-state index contributed by atoms with van der Waals surface area (Å²) in [6.07, 6.45) is 1.29. The number of hydrogen-bond donors (Lipinski definition) is 2. The molecule has 2 rings (SSSR count). The van der Waals surface area contributed by atoms with Gasteiger partial charge in [-0.25, -0.2) is 0 Å². The molecule has 0 saturated heterocycles. The lowest BCUT2D eigenvalue weighted by Gasteiger charge is -2.20. The Labute approximate surface area is 105 Å². The maximum atomic E-state index is 3.62. The largest absolute Gasteiger partial charge is 0.312 e. The van der Waals surface area contributed by atoms with Crippen molar-refractivity contribution in [3.63, 3.8) is 0 Å². The molecule has 0 bridgehead atoms. The standard InChI is InChI=1S/C15H24N2/c1-15(2,3)17-10-9-16-14-11-13(14)12-7-5-4-6-8-12/h4-8,13-14,16-17H,9-11H2,1-3H3. The van der Waals surface area contributed by atoms with E-state index in [4.69, 9.17) is 0 Å². The quantitative estimate of drug-likeness (QED) is 0.762. The Balaban J connectivity index is 1.64. The van der Waals surface area contributed by atoms with Crippen LogP contribution in [0.1, 0.15) is 38.7 Å². The predicted octanol–water partition coefficient (Wildman–Crippen LogP) is 2.52. The van der Waals surface area contributed by atoms with E-state index in [1.807, 2.05) is 0 Å². The summed E-state index contributed by atoms with van der Waals surface area (Å²) in [7, 11) is 0. The van der Waals surface area contributed by atoms with Crippen LogP contribution in [0.4, 0.5) is 0 Å². The van der Waals surface area contributed by atoms with E-state index in [9.17, 15) is 0 Å². The van der Waals surface area contributed by atoms with Crippen molar-refractivity contribution in [2.24, 2.45) is 0 Å². The Hall–Kier alpha value is -0.860. The molecular weight excluding hydrogens is 208 g/mol. The monoisotopic (exact) mass is 232 g/mol. The second-order valence-corrected chi connectivity index (χ2v) is 5.99. The Morgan fingerprint density at radius 3 is 2.47 bits per heavy atom. The molecule has 0 heterocycles. The van der Waals surface area contributed by atoms with Gasteiger partial charge in [-0.2, -0.15) is 0 Å². The highest BCUT2D eigenvalue weighted by molar-refractivity contribution is 5.27. The maximum absolute atomic E-state index is 3.62. The predicted molar refractivity (Wildman–Crippen MR) is 73.3 cm³/mol. The average molecular weight is 232 g/mol. The van der Waals surface area contributed by atoms with E-state index >= 15 is 0 Å². The van der Waals surface area contributed by atoms with Gasteiger partial charge in [0.2, 0.25) is 0 Å². The molecule has 1 aliphatic rings. The van der Waals surface area contributed by atoms with Gasteiger partial charge in [0, 0.05) is 30.6 Å². The minimum Gasteiger partial charge on any atom is -0.312 e. The van der Waals surface area contributed by atoms with Crippen molar-refractivity contribution in [2.75, 3.05) is 13.1 Å². The van der Waals surface area contributed by atoms with E-state index in [0.717, 1.165) is 19.0 Å². The molecule has 94 valence electrons. The first kappa shape index (κ1) is 12.6. The van der Waals surface area contributed by atoms with Gasteiger partial charge in [0.25, 0.3) is 0 Å². The molecule has 2 N–H and O–H groups in total. The SMILES string of the molecule is CC(C)(C)NCCNC1CC1c1ccccc1. The summed E-state index contributed by atoms with van der Waals surface area (Å²) in [6.45, 7) is 8.72. The molecule has 1 fully saturated rings. The second-order valence-electron chi connectivity index (χ2n) is 5.99. The van der Waals surface area contributed by atoms with Crippen LogP contribution in [0.2, 0.25) is 0 Å². The van der Waals surface area contributed by atoms with Gasteiger partial charge in [0.1, 0.15) is 0 Å². The van der Waals surface area contributed by atoms with Gasteiger partial charge in [-0.05, 0) is 32.8 Å². The van der Waals surface area contributed by atoms with Crippen molar-refractivity contribution in [2.45, 2.75) is 44.7 Å². The lowest BCUT2D eigenvalue weighted by molar-refractivity contribution is 0.421. The Morgan fingerprint density at radius 2 is 1.82 bits per heavy atom. The Morgan fingerprint density at radius 1 is 1.12 bits per heavy atom. The lowest BCUT2D eigenvalue weighted by Crippen LogP contribution is -2.40. The summed E-state index contributed by atoms with van der Waals surface area (Å²) in [5, 5.41) is 7.11. The molecule has 0 radical (unpaired) electrons. The number of benzene rings is 1. The fourth-order valence-electron chi connectivity index (χ4n) is 2.18. The van der Waals surface area contributed by atoms with Gasteiger partial charge >= 0.3 is 0 Å². The molecule has 2 atom stereocenters. The van der Waals surface area contributed by atoms with Crippen molar-refractivity contribution >= 4 is 0 Å². The van der Waals surface area contributed by atoms with E-state index in [1.165, 1.54) is 12.0 Å². The van der Waals surface area contributed by atoms with Gasteiger partial charge in [0.05, 0.1) is 0 Å². The first-order chi connectivity index (χ1) is 8.06. The van der Waals surface area contributed by atoms with Gasteiger partial charge in [0.15, 0.2) is 0 Å². The van der Waals surface area contributed by atoms with Gasteiger partial charge in [-0.3, -0.25) is 0 Å². The molecule has 1 aliphatic carbocycles. The van der Waals surface area contributed by atoms with Gasteiger partial charge in [-0.15, -0.1) is 0 Å². The number of nitrogens with one attached hydrogen (secondary N) is 2. The Kier molecular flexibility index (Phi) is 3.85. The zero-order valence-corrected chi connectivity index (χ0v) is 11.2. The normalized spacial score (nSPS) is 23.7. The van der Waals surface area contributed by atoms with Crippen molar-refractivity contribution in [3.8, 4) is 0 Å². The van der Waals surface area contributed by atoms with Crippen LogP contribution in [0.15, 0.2) is 30.3 Å². The summed E-state index contributed by atoms with van der Waals surface area (Å²) in [6, 6.07) is 11.5. The first-order valence-corrected chi connectivity index (χ1v) is 6.59. The molecule has 1 aromatic rings. The van der Waals surface area contributed by atoms with Crippen molar-refractivity contribution < 1.29 is 0 Å². The van der Waals surface area contributed by atoms with Crippen LogP contribution >= 0.6 is 0 Å². The van der Waals surface area contributed by atoms with Crippen molar-refractivity contribution in [1.82, 2.24) is 10.6 Å². The van der Waals surface area contributed by atoms with Crippen LogP contribution < -0.4 is 10.6 Å². The Bertz CT molecular complexity index is 340. The van der Waals surface area contributed by atoms with Crippen molar-refractivity contribution in [1.29, 1.82) is 0 Å². The summed E-state index contributed by atoms with van der Waals surface area (Å²) in [5.74, 6) is 0.742. The maximum Gasteiger partial charge on any atom is 0.0143 e. The molecule has 1 aromatic carbocycles. The minimum absolute atomic E-state index is 0.226. The minimum atomic E-state index is 0.226. The van der Waals surface area contributed by atoms with Crippen LogP contribution in [-0.2, 0) is 0 Å². The average Bonchev–Trinajstić information content (AvgIpc) is 3.04. The number of rotatable bonds is 5. The van der Waals surface area contributed by atoms with Crippen LogP contribution in [0, 0.1) is 0 Å². The zero-order valence-electron chi connectivity index (χ0n) is 11.2. The smallest absolute Gasteiger partial charge is 0.0143 e. The van der Waals surface area contributed by atoms with E-state index in [2.05, 4.69) is 61.7 Å². The van der Waals surface area contributed by atoms with Crippen LogP contribution in [0.25, 0.3) is 0 Å². The highest BCUT2D eigenvalue weighted by Gasteiger charge is 2.37. The number of hydrogen-bond acceptors (Lipinski definition) is 2. The highest BCUT2D eigenvalue weighted by Crippen LogP contribution is 2.40. The van der Waals surface area contributed by atoms with Crippen LogP contribution in [0.5, 0.6) is 0 Å². The molecule has 0 amide bonds. The highest BCUT2D eigenvalue weighted by atomic mass is 15.0. The lowest BCUT2D eigenvalue weighted by atomic mass is 10.1. The van der Waals surface area contributed by atoms with E-state index in [-0.39, 0.29) is 5.54 Å². The first-order valence-electron chi connectivity index (χ1n) is 6.59. The molecule has 0 aromatic heterocycles. The third-order valence-electron chi connectivity index (χ3n) is 3.21. The fourth-order valence-corrected chi connectivity index (χ4v) is 2.18. The molecule has 2 unspecified atom stereocenters. The molecule has 1 saturated carbocycles. The van der Waals surface area contributed by atoms with Crippen molar-refractivity contribution in [3.05, 3.63) is 35.9 Å². The molecule has 0 spiro atoms. The second kappa shape index (κ2) is 5.19. The topological polar surface area (TPSA) is 24.1 Å². The molecule has 0 aliphatic heterocycles. The van der Waals surface area contributed by atoms with Gasteiger partial charge in [-0.1, -0.05) is 30.3 Å². The van der Waals surface area contributed by atoms with Crippen LogP contribution in [0.3, 0.4) is 0 Å². The fraction of sp³-hybridized carbons (Fsp3) is 0.600. The summed E-state index contributed by atoms with van der Waals surface area (Å²) in [4.78, 5) is 0. The summed E-state index contributed by atoms with van der Waals surface area (Å²) >= 11 is 0. The third kappa shape index (κ3) is 4.14. The summed E-state index contributed by atoms with van der Waals surface area (Å²) in [5.41, 5.74) is 1.71. The molecule has 2 heteroatoms. The van der Waals surface area contributed by atoms with Gasteiger partial charge < -0.3 is 10.6 Å². The molecule has 2 nitrogen and oxygen atoms in total. The summed E-state index contributed by atoms with van der Waals surface area (Å²) < 4.78 is 0. The molecular formula is C15H24N2. The van der Waals surface area contributed by atoms with E-state index < -0.39 is 0 Å². The van der Waals surface area contributed by atoms with Crippen LogP contribution in [-0.4, -0.2) is 24.7 Å². The van der Waals surface area contributed by atoms with E-state index in [0.29, 0.717) is 6.04 Å². The zero-order chi connectivity index (χ0) is 12.3. The van der Waals surface area contributed by atoms with E-state index in [1.54, 1.807) is 0 Å².